The fourth-order valence-corrected chi connectivity index (χ4v) is 6.36. The van der Waals surface area contributed by atoms with Crippen LogP contribution >= 0.6 is 0 Å². The van der Waals surface area contributed by atoms with Gasteiger partial charge in [-0.25, -0.2) is 4.98 Å². The molecule has 0 radical (unpaired) electrons. The third-order valence-electron chi connectivity index (χ3n) is 8.48. The van der Waals surface area contributed by atoms with Crippen LogP contribution in [0.15, 0.2) is 167 Å². The van der Waals surface area contributed by atoms with Gasteiger partial charge in [-0.1, -0.05) is 91.0 Å². The van der Waals surface area contributed by atoms with Gasteiger partial charge in [0, 0.05) is 44.5 Å². The molecule has 4 nitrogen and oxygen atoms in total. The van der Waals surface area contributed by atoms with Crippen LogP contribution in [0.3, 0.4) is 0 Å². The highest BCUT2D eigenvalue weighted by Crippen LogP contribution is 2.43. The van der Waals surface area contributed by atoms with Gasteiger partial charge < -0.3 is 13.7 Å². The molecule has 45 heavy (non-hydrogen) atoms. The van der Waals surface area contributed by atoms with E-state index in [4.69, 9.17) is 13.8 Å². The van der Waals surface area contributed by atoms with Crippen molar-refractivity contribution in [3.8, 4) is 22.6 Å². The van der Waals surface area contributed by atoms with E-state index in [9.17, 15) is 0 Å². The summed E-state index contributed by atoms with van der Waals surface area (Å²) < 4.78 is 12.8. The van der Waals surface area contributed by atoms with Crippen LogP contribution < -0.4 is 4.90 Å². The van der Waals surface area contributed by atoms with Crippen molar-refractivity contribution >= 4 is 60.9 Å². The van der Waals surface area contributed by atoms with E-state index in [1.165, 1.54) is 5.56 Å². The average Bonchev–Trinajstić information content (AvgIpc) is 3.71. The highest BCUT2D eigenvalue weighted by atomic mass is 16.3. The molecule has 9 rings (SSSR count). The molecule has 7 aromatic carbocycles. The zero-order valence-electron chi connectivity index (χ0n) is 24.2. The van der Waals surface area contributed by atoms with Crippen LogP contribution in [0.5, 0.6) is 0 Å². The Bertz CT molecular complexity index is 2490. The van der Waals surface area contributed by atoms with E-state index in [-0.39, 0.29) is 0 Å². The summed E-state index contributed by atoms with van der Waals surface area (Å²) in [6.45, 7) is 0. The van der Waals surface area contributed by atoms with Crippen LogP contribution in [0.25, 0.3) is 66.4 Å². The molecule has 0 aliphatic rings. The van der Waals surface area contributed by atoms with Crippen LogP contribution in [0.4, 0.5) is 17.1 Å². The summed E-state index contributed by atoms with van der Waals surface area (Å²) >= 11 is 0. The van der Waals surface area contributed by atoms with E-state index >= 15 is 0 Å². The van der Waals surface area contributed by atoms with Crippen molar-refractivity contribution in [2.45, 2.75) is 0 Å². The number of hydrogen-bond donors (Lipinski definition) is 0. The molecule has 0 spiro atoms. The Hall–Kier alpha value is -6.13. The molecular formula is C41H26N2O2. The van der Waals surface area contributed by atoms with Crippen LogP contribution in [0.2, 0.25) is 0 Å². The second-order valence-corrected chi connectivity index (χ2v) is 11.2. The summed E-state index contributed by atoms with van der Waals surface area (Å²) in [6, 6.07) is 54.5. The summed E-state index contributed by atoms with van der Waals surface area (Å²) in [5.41, 5.74) is 9.69. The van der Waals surface area contributed by atoms with Crippen molar-refractivity contribution in [1.29, 1.82) is 0 Å². The lowest BCUT2D eigenvalue weighted by molar-refractivity contribution is 0.623. The average molecular weight is 579 g/mol. The van der Waals surface area contributed by atoms with Crippen molar-refractivity contribution in [2.75, 3.05) is 4.90 Å². The number of furan rings is 1. The lowest BCUT2D eigenvalue weighted by Crippen LogP contribution is -2.10. The van der Waals surface area contributed by atoms with Gasteiger partial charge in [-0.3, -0.25) is 0 Å². The highest BCUT2D eigenvalue weighted by molar-refractivity contribution is 6.11. The van der Waals surface area contributed by atoms with Gasteiger partial charge in [0.25, 0.3) is 0 Å². The fraction of sp³-hybridized carbons (Fsp3) is 0. The first-order valence-electron chi connectivity index (χ1n) is 15.0. The van der Waals surface area contributed by atoms with Crippen LogP contribution in [-0.2, 0) is 0 Å². The standard InChI is InChI=1S/C41H26N2O2/c1-3-11-27(12-4-1)29-15-9-16-30(25-29)43(31-21-22-34-33-17-7-8-20-38(33)44-39(34)26-31)37-19-10-18-35-32(37)23-24-36-40(35)45-41(42-36)28-13-5-2-6-14-28/h1-26H. The molecule has 9 aromatic rings. The van der Waals surface area contributed by atoms with Gasteiger partial charge >= 0.3 is 0 Å². The Kier molecular flexibility index (Phi) is 5.78. The Morgan fingerprint density at radius 1 is 0.422 bits per heavy atom. The number of nitrogens with zero attached hydrogens (tertiary/aromatic N) is 2. The van der Waals surface area contributed by atoms with E-state index in [0.717, 1.165) is 72.0 Å². The van der Waals surface area contributed by atoms with Gasteiger partial charge in [0.1, 0.15) is 16.7 Å². The molecule has 2 aromatic heterocycles. The topological polar surface area (TPSA) is 42.4 Å². The Morgan fingerprint density at radius 2 is 1.09 bits per heavy atom. The summed E-state index contributed by atoms with van der Waals surface area (Å²) in [7, 11) is 0. The monoisotopic (exact) mass is 578 g/mol. The molecular weight excluding hydrogens is 552 g/mol. The first-order chi connectivity index (χ1) is 22.3. The second-order valence-electron chi connectivity index (χ2n) is 11.2. The largest absolute Gasteiger partial charge is 0.456 e. The summed E-state index contributed by atoms with van der Waals surface area (Å²) in [5, 5.41) is 4.29. The van der Waals surface area contributed by atoms with Crippen molar-refractivity contribution in [3.63, 3.8) is 0 Å². The minimum absolute atomic E-state index is 0.617. The fourth-order valence-electron chi connectivity index (χ4n) is 6.36. The number of aromatic nitrogens is 1. The predicted molar refractivity (Wildman–Crippen MR) is 184 cm³/mol. The molecule has 0 unspecified atom stereocenters. The zero-order valence-corrected chi connectivity index (χ0v) is 24.2. The van der Waals surface area contributed by atoms with E-state index in [1.54, 1.807) is 0 Å². The van der Waals surface area contributed by atoms with Gasteiger partial charge in [-0.15, -0.1) is 0 Å². The van der Waals surface area contributed by atoms with Crippen LogP contribution in [0, 0.1) is 0 Å². The van der Waals surface area contributed by atoms with E-state index < -0.39 is 0 Å². The van der Waals surface area contributed by atoms with E-state index in [0.29, 0.717) is 5.89 Å². The highest BCUT2D eigenvalue weighted by Gasteiger charge is 2.20. The summed E-state index contributed by atoms with van der Waals surface area (Å²) in [6.07, 6.45) is 0. The Balaban J connectivity index is 1.27. The molecule has 0 bridgehead atoms. The maximum Gasteiger partial charge on any atom is 0.227 e. The molecule has 0 fully saturated rings. The molecule has 0 saturated heterocycles. The van der Waals surface area contributed by atoms with Gasteiger partial charge in [0.15, 0.2) is 5.58 Å². The molecule has 0 amide bonds. The summed E-state index contributed by atoms with van der Waals surface area (Å²) in [5.74, 6) is 0.617. The minimum Gasteiger partial charge on any atom is -0.456 e. The quantitative estimate of drug-likeness (QED) is 0.204. The maximum absolute atomic E-state index is 6.44. The summed E-state index contributed by atoms with van der Waals surface area (Å²) in [4.78, 5) is 7.14. The smallest absolute Gasteiger partial charge is 0.227 e. The number of fused-ring (bicyclic) bond motifs is 6. The van der Waals surface area contributed by atoms with Crippen molar-refractivity contribution in [3.05, 3.63) is 158 Å². The lowest BCUT2D eigenvalue weighted by atomic mass is 10.0. The molecule has 0 saturated carbocycles. The number of benzene rings is 7. The molecule has 2 heterocycles. The SMILES string of the molecule is c1ccc(-c2cccc(N(c3ccc4c(c3)oc3ccccc34)c3cccc4c3ccc3nc(-c5ccccc5)oc34)c2)cc1. The first kappa shape index (κ1) is 25.4. The molecule has 0 N–H and O–H groups in total. The lowest BCUT2D eigenvalue weighted by Gasteiger charge is -2.27. The molecule has 0 atom stereocenters. The zero-order chi connectivity index (χ0) is 29.7. The molecule has 0 aliphatic heterocycles. The normalized spacial score (nSPS) is 11.6. The molecule has 4 heteroatoms. The van der Waals surface area contributed by atoms with Gasteiger partial charge in [0.2, 0.25) is 5.89 Å². The van der Waals surface area contributed by atoms with Gasteiger partial charge in [-0.2, -0.15) is 0 Å². The van der Waals surface area contributed by atoms with Crippen molar-refractivity contribution in [1.82, 2.24) is 4.98 Å². The van der Waals surface area contributed by atoms with E-state index in [1.807, 2.05) is 48.5 Å². The number of oxazole rings is 1. The number of para-hydroxylation sites is 1. The number of rotatable bonds is 5. The third kappa shape index (κ3) is 4.27. The predicted octanol–water partition coefficient (Wildman–Crippen LogP) is 11.7. The first-order valence-corrected chi connectivity index (χ1v) is 15.0. The van der Waals surface area contributed by atoms with Gasteiger partial charge in [-0.05, 0) is 71.8 Å². The Labute approximate surface area is 259 Å². The molecule has 0 aliphatic carbocycles. The number of anilines is 3. The maximum atomic E-state index is 6.44. The van der Waals surface area contributed by atoms with Crippen molar-refractivity contribution < 1.29 is 8.83 Å². The van der Waals surface area contributed by atoms with Crippen LogP contribution in [-0.4, -0.2) is 4.98 Å². The minimum atomic E-state index is 0.617. The van der Waals surface area contributed by atoms with Gasteiger partial charge in [0.05, 0.1) is 5.69 Å². The second kappa shape index (κ2) is 10.2. The number of hydrogen-bond acceptors (Lipinski definition) is 4. The Morgan fingerprint density at radius 3 is 1.96 bits per heavy atom. The third-order valence-corrected chi connectivity index (χ3v) is 8.48. The van der Waals surface area contributed by atoms with E-state index in [2.05, 4.69) is 114 Å². The van der Waals surface area contributed by atoms with Crippen molar-refractivity contribution in [2.24, 2.45) is 0 Å². The van der Waals surface area contributed by atoms with Crippen LogP contribution in [0.1, 0.15) is 0 Å². The molecule has 212 valence electrons.